The number of aromatic nitrogens is 2. The Bertz CT molecular complexity index is 846. The number of fused-ring (bicyclic) bond motifs is 1. The molecule has 3 heterocycles. The van der Waals surface area contributed by atoms with Crippen molar-refractivity contribution in [3.8, 4) is 5.75 Å². The molecule has 128 valence electrons. The number of aromatic amines is 1. The zero-order chi connectivity index (χ0) is 17.1. The Labute approximate surface area is 149 Å². The smallest absolute Gasteiger partial charge is 0.229 e. The van der Waals surface area contributed by atoms with E-state index in [1.54, 1.807) is 17.7 Å². The molecule has 25 heavy (non-hydrogen) atoms. The summed E-state index contributed by atoms with van der Waals surface area (Å²) in [6.07, 6.45) is 3.89. The molecule has 0 fully saturated rings. The van der Waals surface area contributed by atoms with Crippen LogP contribution in [0.4, 0.5) is 11.4 Å². The van der Waals surface area contributed by atoms with Gasteiger partial charge in [0.1, 0.15) is 12.4 Å². The predicted octanol–water partition coefficient (Wildman–Crippen LogP) is 3.05. The van der Waals surface area contributed by atoms with E-state index in [1.807, 2.05) is 41.9 Å². The number of nitrogens with zero attached hydrogens (tertiary/aromatic N) is 2. The fraction of sp³-hybridized carbons (Fsp3) is 0.222. The number of rotatable bonds is 5. The van der Waals surface area contributed by atoms with E-state index in [1.165, 1.54) is 0 Å². The Hall–Kier alpha value is -2.80. The van der Waals surface area contributed by atoms with Crippen molar-refractivity contribution in [1.29, 1.82) is 0 Å². The first kappa shape index (κ1) is 15.7. The second-order valence-electron chi connectivity index (χ2n) is 5.83. The largest absolute Gasteiger partial charge is 0.490 e. The van der Waals surface area contributed by atoms with Crippen LogP contribution in [0.15, 0.2) is 48.2 Å². The average Bonchev–Trinajstić information content (AvgIpc) is 3.29. The minimum absolute atomic E-state index is 0.0146. The quantitative estimate of drug-likeness (QED) is 0.739. The molecule has 1 amide bonds. The summed E-state index contributed by atoms with van der Waals surface area (Å²) < 4.78 is 5.74. The Kier molecular flexibility index (Phi) is 4.39. The van der Waals surface area contributed by atoms with Gasteiger partial charge in [0.05, 0.1) is 37.2 Å². The molecule has 0 aliphatic carbocycles. The Morgan fingerprint density at radius 2 is 2.36 bits per heavy atom. The SMILES string of the molecule is O=C(Cc1cccs1)Nc1ccc2c(c1)N(Cc1cnc[nH]1)CCO2. The molecule has 0 radical (unpaired) electrons. The van der Waals surface area contributed by atoms with Gasteiger partial charge >= 0.3 is 0 Å². The van der Waals surface area contributed by atoms with Crippen molar-refractivity contribution in [3.05, 3.63) is 58.8 Å². The van der Waals surface area contributed by atoms with Crippen molar-refractivity contribution in [2.24, 2.45) is 0 Å². The van der Waals surface area contributed by atoms with Crippen molar-refractivity contribution in [3.63, 3.8) is 0 Å². The summed E-state index contributed by atoms with van der Waals surface area (Å²) in [5, 5.41) is 4.95. The van der Waals surface area contributed by atoms with Gasteiger partial charge in [0, 0.05) is 16.8 Å². The van der Waals surface area contributed by atoms with Gasteiger partial charge in [-0.2, -0.15) is 0 Å². The van der Waals surface area contributed by atoms with Crippen LogP contribution in [0, 0.1) is 0 Å². The number of amides is 1. The third-order valence-corrected chi connectivity index (χ3v) is 4.91. The van der Waals surface area contributed by atoms with Crippen molar-refractivity contribution in [1.82, 2.24) is 9.97 Å². The van der Waals surface area contributed by atoms with Crippen LogP contribution in [0.2, 0.25) is 0 Å². The third-order valence-electron chi connectivity index (χ3n) is 4.03. The molecule has 7 heteroatoms. The van der Waals surface area contributed by atoms with Gasteiger partial charge in [0.2, 0.25) is 5.91 Å². The topological polar surface area (TPSA) is 70.2 Å². The van der Waals surface area contributed by atoms with Crippen molar-refractivity contribution < 1.29 is 9.53 Å². The van der Waals surface area contributed by atoms with Crippen LogP contribution in [0.3, 0.4) is 0 Å². The highest BCUT2D eigenvalue weighted by atomic mass is 32.1. The molecule has 0 atom stereocenters. The number of hydrogen-bond donors (Lipinski definition) is 2. The fourth-order valence-electron chi connectivity index (χ4n) is 2.87. The van der Waals surface area contributed by atoms with E-state index in [0.29, 0.717) is 13.0 Å². The van der Waals surface area contributed by atoms with E-state index >= 15 is 0 Å². The minimum Gasteiger partial charge on any atom is -0.490 e. The van der Waals surface area contributed by atoms with Gasteiger partial charge in [-0.05, 0) is 29.6 Å². The highest BCUT2D eigenvalue weighted by Gasteiger charge is 2.19. The first-order chi connectivity index (χ1) is 12.3. The molecule has 6 nitrogen and oxygen atoms in total. The van der Waals surface area contributed by atoms with E-state index in [2.05, 4.69) is 20.2 Å². The number of hydrogen-bond acceptors (Lipinski definition) is 5. The van der Waals surface area contributed by atoms with E-state index < -0.39 is 0 Å². The van der Waals surface area contributed by atoms with Gasteiger partial charge in [-0.25, -0.2) is 4.98 Å². The standard InChI is InChI=1S/C18H18N4O2S/c23-18(9-15-2-1-7-25-15)21-13-3-4-17-16(8-13)22(5-6-24-17)11-14-10-19-12-20-14/h1-4,7-8,10,12H,5-6,9,11H2,(H,19,20)(H,21,23). The summed E-state index contributed by atoms with van der Waals surface area (Å²) in [5.41, 5.74) is 2.80. The number of imidazole rings is 1. The molecular formula is C18H18N4O2S. The van der Waals surface area contributed by atoms with Gasteiger partial charge < -0.3 is 19.9 Å². The lowest BCUT2D eigenvalue weighted by atomic mass is 10.2. The number of carbonyl (C=O) groups is 1. The number of anilines is 2. The average molecular weight is 354 g/mol. The maximum absolute atomic E-state index is 12.2. The van der Waals surface area contributed by atoms with Gasteiger partial charge in [-0.1, -0.05) is 6.07 Å². The lowest BCUT2D eigenvalue weighted by Crippen LogP contribution is -2.32. The minimum atomic E-state index is -0.0146. The van der Waals surface area contributed by atoms with Gasteiger partial charge in [-0.15, -0.1) is 11.3 Å². The number of ether oxygens (including phenoxy) is 1. The van der Waals surface area contributed by atoms with Crippen molar-refractivity contribution in [2.75, 3.05) is 23.4 Å². The number of nitrogens with one attached hydrogen (secondary N) is 2. The highest BCUT2D eigenvalue weighted by Crippen LogP contribution is 2.34. The molecule has 1 aliphatic rings. The Balaban J connectivity index is 1.50. The summed E-state index contributed by atoms with van der Waals surface area (Å²) in [6, 6.07) is 9.69. The molecule has 0 spiro atoms. The number of thiophene rings is 1. The molecule has 3 aromatic rings. The van der Waals surface area contributed by atoms with Gasteiger partial charge in [0.15, 0.2) is 0 Å². The highest BCUT2D eigenvalue weighted by molar-refractivity contribution is 7.10. The zero-order valence-corrected chi connectivity index (χ0v) is 14.4. The van der Waals surface area contributed by atoms with E-state index in [9.17, 15) is 4.79 Å². The summed E-state index contributed by atoms with van der Waals surface area (Å²) in [7, 11) is 0. The Morgan fingerprint density at radius 3 is 3.16 bits per heavy atom. The number of benzene rings is 1. The zero-order valence-electron chi connectivity index (χ0n) is 13.6. The third kappa shape index (κ3) is 3.66. The summed E-state index contributed by atoms with van der Waals surface area (Å²) in [5.74, 6) is 0.821. The van der Waals surface area contributed by atoms with Crippen LogP contribution in [-0.4, -0.2) is 29.0 Å². The molecule has 2 N–H and O–H groups in total. The van der Waals surface area contributed by atoms with Crippen LogP contribution < -0.4 is 15.0 Å². The first-order valence-electron chi connectivity index (χ1n) is 8.09. The van der Waals surface area contributed by atoms with Gasteiger partial charge in [-0.3, -0.25) is 4.79 Å². The van der Waals surface area contributed by atoms with E-state index in [0.717, 1.165) is 40.8 Å². The molecule has 0 saturated heterocycles. The molecule has 0 bridgehead atoms. The van der Waals surface area contributed by atoms with Crippen molar-refractivity contribution >= 4 is 28.6 Å². The maximum atomic E-state index is 12.2. The second-order valence-corrected chi connectivity index (χ2v) is 6.87. The lowest BCUT2D eigenvalue weighted by molar-refractivity contribution is -0.115. The lowest BCUT2D eigenvalue weighted by Gasteiger charge is -2.31. The second kappa shape index (κ2) is 6.98. The first-order valence-corrected chi connectivity index (χ1v) is 8.97. The molecule has 0 saturated carbocycles. The van der Waals surface area contributed by atoms with Gasteiger partial charge in [0.25, 0.3) is 0 Å². The summed E-state index contributed by atoms with van der Waals surface area (Å²) in [4.78, 5) is 22.7. The molecule has 2 aromatic heterocycles. The molecule has 0 unspecified atom stereocenters. The molecule has 1 aliphatic heterocycles. The van der Waals surface area contributed by atoms with Crippen LogP contribution in [0.1, 0.15) is 10.6 Å². The monoisotopic (exact) mass is 354 g/mol. The van der Waals surface area contributed by atoms with Crippen molar-refractivity contribution in [2.45, 2.75) is 13.0 Å². The molecule has 1 aromatic carbocycles. The summed E-state index contributed by atoms with van der Waals surface area (Å²) >= 11 is 1.59. The number of H-pyrrole nitrogens is 1. The predicted molar refractivity (Wildman–Crippen MR) is 98.2 cm³/mol. The number of carbonyl (C=O) groups excluding carboxylic acids is 1. The van der Waals surface area contributed by atoms with E-state index in [4.69, 9.17) is 4.74 Å². The summed E-state index contributed by atoms with van der Waals surface area (Å²) in [6.45, 7) is 2.16. The fourth-order valence-corrected chi connectivity index (χ4v) is 3.57. The normalized spacial score (nSPS) is 13.2. The van der Waals surface area contributed by atoms with Crippen LogP contribution in [-0.2, 0) is 17.8 Å². The molecular weight excluding hydrogens is 336 g/mol. The van der Waals surface area contributed by atoms with Crippen LogP contribution in [0.5, 0.6) is 5.75 Å². The van der Waals surface area contributed by atoms with Crippen LogP contribution >= 0.6 is 11.3 Å². The van der Waals surface area contributed by atoms with E-state index in [-0.39, 0.29) is 5.91 Å². The Morgan fingerprint density at radius 1 is 1.40 bits per heavy atom. The van der Waals surface area contributed by atoms with Crippen LogP contribution in [0.25, 0.3) is 0 Å². The molecule has 4 rings (SSSR count). The maximum Gasteiger partial charge on any atom is 0.229 e.